The summed E-state index contributed by atoms with van der Waals surface area (Å²) in [5.74, 6) is 0.710. The molecule has 0 aliphatic heterocycles. The molecule has 4 nitrogen and oxygen atoms in total. The molecule has 0 saturated heterocycles. The van der Waals surface area contributed by atoms with Crippen LogP contribution in [0.3, 0.4) is 0 Å². The van der Waals surface area contributed by atoms with E-state index in [1.807, 2.05) is 0 Å². The quantitative estimate of drug-likeness (QED) is 0.505. The number of hydrogen-bond donors (Lipinski definition) is 3. The Labute approximate surface area is 188 Å². The smallest absolute Gasteiger partial charge is 0.0811 e. The summed E-state index contributed by atoms with van der Waals surface area (Å²) in [6.07, 6.45) is 11.4. The van der Waals surface area contributed by atoms with Crippen LogP contribution in [-0.2, 0) is 4.74 Å². The first-order valence-electron chi connectivity index (χ1n) is 12.1. The lowest BCUT2D eigenvalue weighted by atomic mass is 9.63. The molecule has 0 radical (unpaired) electrons. The standard InChI is InChI=1S/C27H42O4/c1-6-17(2)26(30)16-31-19(4)23-11-12-24-20(8-7-13-27(23,24)5)9-10-21-14-22(28)15-25(29)18(21)3/h9-11,17,19,22,24-26,28-30H,3,6-8,12-16H2,1-2,4-5H3/b20-9+,21-10-/t17?,19?,22-,24+,25+,26?,27-/m1/s1. The van der Waals surface area contributed by atoms with E-state index in [1.54, 1.807) is 0 Å². The predicted octanol–water partition coefficient (Wildman–Crippen LogP) is 4.86. The third kappa shape index (κ3) is 5.24. The summed E-state index contributed by atoms with van der Waals surface area (Å²) in [5.41, 5.74) is 4.62. The molecule has 3 aliphatic carbocycles. The van der Waals surface area contributed by atoms with E-state index in [9.17, 15) is 15.3 Å². The fourth-order valence-electron chi connectivity index (χ4n) is 5.72. The first-order valence-corrected chi connectivity index (χ1v) is 12.1. The van der Waals surface area contributed by atoms with Crippen molar-refractivity contribution in [3.8, 4) is 0 Å². The van der Waals surface area contributed by atoms with Crippen molar-refractivity contribution in [1.29, 1.82) is 0 Å². The van der Waals surface area contributed by atoms with Crippen LogP contribution in [0.25, 0.3) is 0 Å². The highest BCUT2D eigenvalue weighted by atomic mass is 16.5. The first-order chi connectivity index (χ1) is 14.7. The van der Waals surface area contributed by atoms with E-state index >= 15 is 0 Å². The highest BCUT2D eigenvalue weighted by molar-refractivity contribution is 5.40. The second-order valence-electron chi connectivity index (χ2n) is 10.2. The lowest BCUT2D eigenvalue weighted by molar-refractivity contribution is -0.0184. The van der Waals surface area contributed by atoms with Gasteiger partial charge >= 0.3 is 0 Å². The van der Waals surface area contributed by atoms with E-state index < -0.39 is 18.3 Å². The molecule has 3 N–H and O–H groups in total. The molecule has 31 heavy (non-hydrogen) atoms. The van der Waals surface area contributed by atoms with Crippen molar-refractivity contribution < 1.29 is 20.1 Å². The Morgan fingerprint density at radius 2 is 2.03 bits per heavy atom. The van der Waals surface area contributed by atoms with Crippen molar-refractivity contribution in [2.45, 2.75) is 97.1 Å². The molecule has 0 spiro atoms. The van der Waals surface area contributed by atoms with Gasteiger partial charge in [-0.2, -0.15) is 0 Å². The zero-order chi connectivity index (χ0) is 22.8. The maximum absolute atomic E-state index is 10.3. The molecule has 3 unspecified atom stereocenters. The van der Waals surface area contributed by atoms with Gasteiger partial charge < -0.3 is 20.1 Å². The lowest BCUT2D eigenvalue weighted by Crippen LogP contribution is -2.35. The van der Waals surface area contributed by atoms with Crippen LogP contribution in [-0.4, -0.2) is 46.3 Å². The molecule has 7 atom stereocenters. The molecular formula is C27H42O4. The van der Waals surface area contributed by atoms with E-state index in [0.29, 0.717) is 25.4 Å². The summed E-state index contributed by atoms with van der Waals surface area (Å²) in [5, 5.41) is 30.4. The average molecular weight is 431 g/mol. The fraction of sp³-hybridized carbons (Fsp3) is 0.704. The summed E-state index contributed by atoms with van der Waals surface area (Å²) >= 11 is 0. The highest BCUT2D eigenvalue weighted by Crippen LogP contribution is 2.55. The number of allylic oxidation sites excluding steroid dienone is 4. The van der Waals surface area contributed by atoms with Gasteiger partial charge in [0.25, 0.3) is 0 Å². The maximum Gasteiger partial charge on any atom is 0.0811 e. The van der Waals surface area contributed by atoms with Gasteiger partial charge in [0.05, 0.1) is 31.0 Å². The third-order valence-corrected chi connectivity index (χ3v) is 8.13. The Balaban J connectivity index is 1.71. The van der Waals surface area contributed by atoms with Gasteiger partial charge in [-0.1, -0.05) is 57.6 Å². The van der Waals surface area contributed by atoms with Crippen LogP contribution >= 0.6 is 0 Å². The summed E-state index contributed by atoms with van der Waals surface area (Å²) in [7, 11) is 0. The average Bonchev–Trinajstić information content (AvgIpc) is 3.10. The Hall–Kier alpha value is -1.20. The Morgan fingerprint density at radius 1 is 1.29 bits per heavy atom. The second kappa shape index (κ2) is 10.2. The van der Waals surface area contributed by atoms with Gasteiger partial charge in [0, 0.05) is 6.42 Å². The number of fused-ring (bicyclic) bond motifs is 1. The van der Waals surface area contributed by atoms with Gasteiger partial charge in [-0.25, -0.2) is 0 Å². The Kier molecular flexibility index (Phi) is 8.01. The summed E-state index contributed by atoms with van der Waals surface area (Å²) in [4.78, 5) is 0. The molecule has 0 aromatic heterocycles. The zero-order valence-electron chi connectivity index (χ0n) is 19.8. The summed E-state index contributed by atoms with van der Waals surface area (Å²) < 4.78 is 6.14. The lowest BCUT2D eigenvalue weighted by Gasteiger charge is -2.42. The number of aliphatic hydroxyl groups is 3. The molecule has 2 fully saturated rings. The van der Waals surface area contributed by atoms with Gasteiger partial charge in [0.1, 0.15) is 0 Å². The van der Waals surface area contributed by atoms with Crippen molar-refractivity contribution in [3.63, 3.8) is 0 Å². The summed E-state index contributed by atoms with van der Waals surface area (Å²) in [6.45, 7) is 13.1. The zero-order valence-corrected chi connectivity index (χ0v) is 19.8. The highest BCUT2D eigenvalue weighted by Gasteiger charge is 2.46. The van der Waals surface area contributed by atoms with E-state index in [0.717, 1.165) is 43.3 Å². The molecule has 3 aliphatic rings. The fourth-order valence-corrected chi connectivity index (χ4v) is 5.72. The van der Waals surface area contributed by atoms with Crippen LogP contribution in [0.2, 0.25) is 0 Å². The van der Waals surface area contributed by atoms with Crippen molar-refractivity contribution in [1.82, 2.24) is 0 Å². The SMILES string of the molecule is C=C1/C(=C\C=C2/CCC[C@]3(C)C(C(C)OCC(O)C(C)CC)=CC[C@@H]23)C[C@@H](O)C[C@@H]1O. The van der Waals surface area contributed by atoms with Crippen LogP contribution in [0.1, 0.15) is 72.6 Å². The molecule has 3 rings (SSSR count). The van der Waals surface area contributed by atoms with Gasteiger partial charge in [-0.15, -0.1) is 0 Å². The minimum Gasteiger partial charge on any atom is -0.393 e. The van der Waals surface area contributed by atoms with Crippen LogP contribution in [0.4, 0.5) is 0 Å². The van der Waals surface area contributed by atoms with E-state index in [-0.39, 0.29) is 17.4 Å². The monoisotopic (exact) mass is 430 g/mol. The molecule has 0 heterocycles. The Bertz CT molecular complexity index is 748. The minimum absolute atomic E-state index is 0.00910. The number of ether oxygens (including phenoxy) is 1. The Morgan fingerprint density at radius 3 is 2.74 bits per heavy atom. The molecule has 4 heteroatoms. The largest absolute Gasteiger partial charge is 0.393 e. The van der Waals surface area contributed by atoms with Crippen LogP contribution in [0, 0.1) is 17.3 Å². The van der Waals surface area contributed by atoms with Crippen molar-refractivity contribution >= 4 is 0 Å². The molecule has 0 aromatic rings. The molecule has 2 saturated carbocycles. The third-order valence-electron chi connectivity index (χ3n) is 8.13. The van der Waals surface area contributed by atoms with Gasteiger partial charge in [0.2, 0.25) is 0 Å². The predicted molar refractivity (Wildman–Crippen MR) is 126 cm³/mol. The van der Waals surface area contributed by atoms with Crippen molar-refractivity contribution in [2.24, 2.45) is 17.3 Å². The van der Waals surface area contributed by atoms with Gasteiger partial charge in [0.15, 0.2) is 0 Å². The van der Waals surface area contributed by atoms with Gasteiger partial charge in [-0.3, -0.25) is 0 Å². The van der Waals surface area contributed by atoms with Crippen LogP contribution < -0.4 is 0 Å². The minimum atomic E-state index is -0.645. The maximum atomic E-state index is 10.3. The molecular weight excluding hydrogens is 388 g/mol. The molecule has 174 valence electrons. The van der Waals surface area contributed by atoms with Crippen molar-refractivity contribution in [2.75, 3.05) is 6.61 Å². The second-order valence-corrected chi connectivity index (χ2v) is 10.2. The molecule has 0 amide bonds. The van der Waals surface area contributed by atoms with Crippen molar-refractivity contribution in [3.05, 3.63) is 47.1 Å². The normalized spacial score (nSPS) is 36.9. The van der Waals surface area contributed by atoms with Crippen LogP contribution in [0.15, 0.2) is 47.1 Å². The number of rotatable bonds is 7. The van der Waals surface area contributed by atoms with Crippen LogP contribution in [0.5, 0.6) is 0 Å². The molecule has 0 aromatic carbocycles. The van der Waals surface area contributed by atoms with E-state index in [2.05, 4.69) is 52.5 Å². The number of aliphatic hydroxyl groups excluding tert-OH is 3. The summed E-state index contributed by atoms with van der Waals surface area (Å²) in [6, 6.07) is 0. The van der Waals surface area contributed by atoms with Gasteiger partial charge in [-0.05, 0) is 73.0 Å². The molecule has 0 bridgehead atoms. The number of hydrogen-bond acceptors (Lipinski definition) is 4. The van der Waals surface area contributed by atoms with E-state index in [1.165, 1.54) is 11.1 Å². The first kappa shape index (κ1) is 24.4. The topological polar surface area (TPSA) is 69.9 Å². The van der Waals surface area contributed by atoms with E-state index in [4.69, 9.17) is 4.74 Å².